The zero-order valence-electron chi connectivity index (χ0n) is 49.6. The number of carbonyl (C=O) groups excluding carboxylic acids is 9. The Morgan fingerprint density at radius 2 is 0.893 bits per heavy atom. The van der Waals surface area contributed by atoms with E-state index in [1.165, 1.54) is 50.6 Å². The Morgan fingerprint density at radius 3 is 1.35 bits per heavy atom. The van der Waals surface area contributed by atoms with Crippen molar-refractivity contribution in [2.45, 2.75) is 181 Å². The molecule has 0 saturated heterocycles. The third-order valence-corrected chi connectivity index (χ3v) is 13.6. The van der Waals surface area contributed by atoms with Crippen LogP contribution in [0.4, 0.5) is 0 Å². The largest absolute Gasteiger partial charge is 0.508 e. The molecule has 1 heterocycles. The molecule has 9 amide bonds. The van der Waals surface area contributed by atoms with E-state index in [2.05, 4.69) is 70.4 Å². The van der Waals surface area contributed by atoms with Gasteiger partial charge >= 0.3 is 5.97 Å². The molecule has 0 saturated carbocycles. The average molecular weight is 1190 g/mol. The number of phenols is 1. The van der Waals surface area contributed by atoms with Crippen LogP contribution in [0.15, 0.2) is 67.1 Å². The number of carboxylic acid groups (broad SMARTS) is 1. The van der Waals surface area contributed by atoms with Crippen LogP contribution in [0.3, 0.4) is 0 Å². The number of amides is 9. The minimum atomic E-state index is -1.54. The van der Waals surface area contributed by atoms with Crippen LogP contribution < -0.4 is 53.6 Å². The highest BCUT2D eigenvalue weighted by Gasteiger charge is 2.36. The van der Waals surface area contributed by atoms with Gasteiger partial charge in [-0.25, -0.2) is 9.78 Å². The number of aliphatic hydroxyl groups is 1. The molecule has 0 radical (unpaired) electrons. The quantitative estimate of drug-likeness (QED) is 0.0355. The van der Waals surface area contributed by atoms with E-state index in [9.17, 15) is 63.3 Å². The number of aromatic nitrogens is 2. The maximum absolute atomic E-state index is 14.4. The van der Waals surface area contributed by atoms with Gasteiger partial charge < -0.3 is 73.9 Å². The van der Waals surface area contributed by atoms with Gasteiger partial charge in [0.1, 0.15) is 60.1 Å². The monoisotopic (exact) mass is 1190 g/mol. The molecule has 1 aromatic heterocycles. The molecule has 2 aromatic carbocycles. The molecule has 0 fully saturated rings. The highest BCUT2D eigenvalue weighted by molar-refractivity contribution is 7.80. The first-order valence-corrected chi connectivity index (χ1v) is 28.9. The van der Waals surface area contributed by atoms with Gasteiger partial charge in [0.25, 0.3) is 0 Å². The maximum Gasteiger partial charge on any atom is 0.326 e. The van der Waals surface area contributed by atoms with Crippen LogP contribution in [0.5, 0.6) is 5.75 Å². The van der Waals surface area contributed by atoms with Gasteiger partial charge in [-0.2, -0.15) is 12.6 Å². The molecule has 3 rings (SSSR count). The zero-order chi connectivity index (χ0) is 63.0. The molecule has 11 atom stereocenters. The number of H-pyrrole nitrogens is 1. The van der Waals surface area contributed by atoms with Crippen molar-refractivity contribution in [3.05, 3.63) is 83.9 Å². The summed E-state index contributed by atoms with van der Waals surface area (Å²) in [5.74, 6) is -9.39. The number of nitrogens with one attached hydrogen (secondary N) is 10. The van der Waals surface area contributed by atoms with Gasteiger partial charge in [0.05, 0.1) is 18.5 Å². The molecule has 3 aromatic rings. The highest BCUT2D eigenvalue weighted by atomic mass is 32.1. The van der Waals surface area contributed by atoms with Crippen molar-refractivity contribution in [3.63, 3.8) is 0 Å². The van der Waals surface area contributed by atoms with E-state index in [1.807, 2.05) is 27.7 Å². The van der Waals surface area contributed by atoms with Gasteiger partial charge in [0, 0.05) is 36.9 Å². The number of thiol groups is 1. The second-order valence-corrected chi connectivity index (χ2v) is 23.2. The number of aromatic amines is 1. The summed E-state index contributed by atoms with van der Waals surface area (Å²) in [5.41, 5.74) is 7.60. The van der Waals surface area contributed by atoms with Gasteiger partial charge in [0.2, 0.25) is 53.2 Å². The standard InChI is InChI=1S/C58H88N12O13S/c1-30(2)20-40(59)50(74)70-48(35(10)71)57(81)67-44(24-37-16-18-39(72)19-17-37)54(78)64-41(21-31(3)4)51(75)62-34(9)49(73)63-45(26-38-27-60-29-61-38)55(79)66-42(22-32(5)6)52(76)65-43(23-33(7)8)53(77)69-47(28-84)56(80)68-46(58(82)83)25-36-14-12-11-13-15-36/h11-19,27,29-35,40-48,71-72,84H,20-26,28,59H2,1-10H3,(H,60,61)(H,62,75)(H,63,73)(H,64,78)(H,65,76)(H,66,79)(H,67,81)(H,68,80)(H,69,77)(H,70,74)(H,82,83)/t34-,35+,40-,41-,42-,43-,44-,45-,46-,47-,48-/m0/s1. The van der Waals surface area contributed by atoms with Crippen molar-refractivity contribution in [2.75, 3.05) is 5.75 Å². The Morgan fingerprint density at radius 1 is 0.488 bits per heavy atom. The number of rotatable bonds is 35. The van der Waals surface area contributed by atoms with Crippen LogP contribution in [-0.4, -0.2) is 157 Å². The highest BCUT2D eigenvalue weighted by Crippen LogP contribution is 2.15. The lowest BCUT2D eigenvalue weighted by molar-refractivity contribution is -0.142. The molecular weight excluding hydrogens is 1100 g/mol. The summed E-state index contributed by atoms with van der Waals surface area (Å²) < 4.78 is 0. The van der Waals surface area contributed by atoms with Gasteiger partial charge in [-0.1, -0.05) is 97.9 Å². The maximum atomic E-state index is 14.4. The third kappa shape index (κ3) is 24.7. The number of benzene rings is 2. The first kappa shape index (κ1) is 70.7. The van der Waals surface area contributed by atoms with E-state index in [4.69, 9.17) is 5.73 Å². The summed E-state index contributed by atoms with van der Waals surface area (Å²) in [4.78, 5) is 144. The fourth-order valence-corrected chi connectivity index (χ4v) is 9.09. The molecule has 84 heavy (non-hydrogen) atoms. The number of aromatic hydroxyl groups is 1. The predicted molar refractivity (Wildman–Crippen MR) is 316 cm³/mol. The molecule has 0 aliphatic carbocycles. The lowest BCUT2D eigenvalue weighted by Crippen LogP contribution is -2.61. The van der Waals surface area contributed by atoms with Crippen molar-refractivity contribution in [2.24, 2.45) is 29.4 Å². The topological polar surface area (TPSA) is 394 Å². The van der Waals surface area contributed by atoms with E-state index in [1.54, 1.807) is 58.0 Å². The van der Waals surface area contributed by atoms with Crippen LogP contribution in [0.2, 0.25) is 0 Å². The summed E-state index contributed by atoms with van der Waals surface area (Å²) in [6, 6.07) is 1.32. The number of carbonyl (C=O) groups is 10. The SMILES string of the molecule is CC(C)C[C@H](NC(=O)[C@H](Cc1ccc(O)cc1)NC(=O)[C@@H](NC(=O)[C@@H](N)CC(C)C)[C@@H](C)O)C(=O)N[C@@H](C)C(=O)N[C@@H](Cc1cnc[nH]1)C(=O)N[C@@H](CC(C)C)C(=O)N[C@@H](CC(C)C)C(=O)N[C@@H](CS)C(=O)N[C@@H](Cc1ccccc1)C(=O)O. The summed E-state index contributed by atoms with van der Waals surface area (Å²) in [5, 5.41) is 53.9. The molecule has 0 aliphatic rings. The van der Waals surface area contributed by atoms with Crippen LogP contribution >= 0.6 is 12.6 Å². The first-order chi connectivity index (χ1) is 39.5. The van der Waals surface area contributed by atoms with E-state index in [0.29, 0.717) is 16.8 Å². The zero-order valence-corrected chi connectivity index (χ0v) is 50.5. The van der Waals surface area contributed by atoms with E-state index in [-0.39, 0.29) is 80.1 Å². The van der Waals surface area contributed by atoms with Crippen molar-refractivity contribution >= 4 is 71.8 Å². The van der Waals surface area contributed by atoms with Crippen LogP contribution in [0, 0.1) is 23.7 Å². The van der Waals surface area contributed by atoms with E-state index >= 15 is 0 Å². The minimum absolute atomic E-state index is 0.0301. The molecule has 26 heteroatoms. The second-order valence-electron chi connectivity index (χ2n) is 22.9. The summed E-state index contributed by atoms with van der Waals surface area (Å²) in [6.07, 6.45) is 1.48. The smallest absolute Gasteiger partial charge is 0.326 e. The molecule has 0 bridgehead atoms. The molecule has 15 N–H and O–H groups in total. The number of hydrogen-bond donors (Lipinski definition) is 15. The Hall–Kier alpha value is -7.58. The van der Waals surface area contributed by atoms with Crippen LogP contribution in [0.25, 0.3) is 0 Å². The van der Waals surface area contributed by atoms with Gasteiger partial charge in [-0.05, 0) is 86.5 Å². The molecule has 0 aliphatic heterocycles. The van der Waals surface area contributed by atoms with Gasteiger partial charge in [-0.3, -0.25) is 43.2 Å². The number of aliphatic carboxylic acids is 1. The number of carboxylic acids is 1. The predicted octanol–water partition coefficient (Wildman–Crippen LogP) is 0.433. The number of imidazole rings is 1. The Balaban J connectivity index is 1.83. The third-order valence-electron chi connectivity index (χ3n) is 13.2. The average Bonchev–Trinajstić information content (AvgIpc) is 3.58. The van der Waals surface area contributed by atoms with Gasteiger partial charge in [0.15, 0.2) is 0 Å². The number of nitrogens with zero attached hydrogens (tertiary/aromatic N) is 1. The Kier molecular flexibility index (Phi) is 29.4. The minimum Gasteiger partial charge on any atom is -0.508 e. The fourth-order valence-electron chi connectivity index (χ4n) is 8.83. The molecule has 0 unspecified atom stereocenters. The van der Waals surface area contributed by atoms with Crippen LogP contribution in [-0.2, 0) is 67.2 Å². The summed E-state index contributed by atoms with van der Waals surface area (Å²) in [6.45, 7) is 17.2. The molecular formula is C58H88N12O13S. The van der Waals surface area contributed by atoms with E-state index in [0.717, 1.165) is 0 Å². The van der Waals surface area contributed by atoms with Gasteiger partial charge in [-0.15, -0.1) is 0 Å². The number of aliphatic hydroxyl groups excluding tert-OH is 1. The molecule has 25 nitrogen and oxygen atoms in total. The van der Waals surface area contributed by atoms with Crippen LogP contribution in [0.1, 0.15) is 112 Å². The first-order valence-electron chi connectivity index (χ1n) is 28.3. The second kappa shape index (κ2) is 34.9. The van der Waals surface area contributed by atoms with Crippen molar-refractivity contribution in [3.8, 4) is 5.75 Å². The van der Waals surface area contributed by atoms with E-state index < -0.39 is 126 Å². The molecule has 464 valence electrons. The lowest BCUT2D eigenvalue weighted by Gasteiger charge is -2.29. The lowest BCUT2D eigenvalue weighted by atomic mass is 9.99. The fraction of sp³-hybridized carbons (Fsp3) is 0.569. The molecule has 0 spiro atoms. The van der Waals surface area contributed by atoms with Crippen molar-refractivity contribution in [1.82, 2.24) is 57.8 Å². The number of hydrogen-bond acceptors (Lipinski definition) is 15. The number of phenolic OH excluding ortho intramolecular Hbond substituents is 1. The van der Waals surface area contributed by atoms with Crippen molar-refractivity contribution in [1.29, 1.82) is 0 Å². The summed E-state index contributed by atoms with van der Waals surface area (Å²) >= 11 is 4.25. The Bertz CT molecular complexity index is 2640. The summed E-state index contributed by atoms with van der Waals surface area (Å²) in [7, 11) is 0. The van der Waals surface area contributed by atoms with Crippen molar-refractivity contribution < 1.29 is 63.3 Å². The number of nitrogens with two attached hydrogens (primary N) is 1. The normalized spacial score (nSPS) is 15.3. The Labute approximate surface area is 496 Å².